The van der Waals surface area contributed by atoms with E-state index < -0.39 is 46.1 Å². The Labute approximate surface area is 283 Å². The van der Waals surface area contributed by atoms with E-state index in [1.54, 1.807) is 31.1 Å². The number of nitrogens with zero attached hydrogens (tertiary/aromatic N) is 2. The Morgan fingerprint density at radius 3 is 1.88 bits per heavy atom. The third-order valence-electron chi connectivity index (χ3n) is 8.72. The summed E-state index contributed by atoms with van der Waals surface area (Å²) in [5.74, 6) is -0.708. The summed E-state index contributed by atoms with van der Waals surface area (Å²) in [6.45, 7) is 5.64. The fourth-order valence-electron chi connectivity index (χ4n) is 5.76. The lowest BCUT2D eigenvalue weighted by Gasteiger charge is -2.41. The van der Waals surface area contributed by atoms with Crippen molar-refractivity contribution in [3.8, 4) is 5.75 Å². The number of carbonyl (C=O) groups excluding carboxylic acids is 2. The van der Waals surface area contributed by atoms with Crippen LogP contribution in [-0.4, -0.2) is 62.8 Å². The van der Waals surface area contributed by atoms with Crippen LogP contribution in [0, 0.1) is 0 Å². The van der Waals surface area contributed by atoms with E-state index in [1.165, 1.54) is 25.2 Å². The van der Waals surface area contributed by atoms with Crippen LogP contribution in [0.1, 0.15) is 76.3 Å². The number of rotatable bonds is 14. The number of primary amides is 1. The van der Waals surface area contributed by atoms with Crippen LogP contribution in [0.2, 0.25) is 0 Å². The van der Waals surface area contributed by atoms with Gasteiger partial charge >= 0.3 is 0 Å². The number of nitrogens with two attached hydrogens (primary N) is 1. The summed E-state index contributed by atoms with van der Waals surface area (Å²) >= 11 is 0. The molecular weight excluding hydrogens is 628 g/mol. The Hall–Kier alpha value is -4.71. The van der Waals surface area contributed by atoms with Crippen LogP contribution in [-0.2, 0) is 10.0 Å². The van der Waals surface area contributed by atoms with Gasteiger partial charge in [0.2, 0.25) is 15.9 Å². The molecule has 2 amide bonds. The predicted octanol–water partition coefficient (Wildman–Crippen LogP) is 5.23. The van der Waals surface area contributed by atoms with E-state index in [9.17, 15) is 23.1 Å². The summed E-state index contributed by atoms with van der Waals surface area (Å²) in [5.41, 5.74) is 8.37. The molecule has 0 aliphatic rings. The van der Waals surface area contributed by atoms with Crippen LogP contribution >= 0.6 is 0 Å². The van der Waals surface area contributed by atoms with Gasteiger partial charge in [-0.15, -0.1) is 0 Å². The van der Waals surface area contributed by atoms with Gasteiger partial charge in [0.25, 0.3) is 5.91 Å². The molecular formula is C37H44N4O6S. The molecule has 0 saturated carbocycles. The van der Waals surface area contributed by atoms with Crippen LogP contribution < -0.4 is 20.1 Å². The zero-order valence-electron chi connectivity index (χ0n) is 28.1. The number of hydrogen-bond donors (Lipinski definition) is 3. The van der Waals surface area contributed by atoms with E-state index in [0.717, 1.165) is 27.3 Å². The minimum Gasteiger partial charge on any atom is -0.497 e. The number of hydrogen-bond acceptors (Lipinski definition) is 7. The molecule has 0 bridgehead atoms. The number of benzene rings is 4. The molecule has 11 heteroatoms. The van der Waals surface area contributed by atoms with Gasteiger partial charge in [0.15, 0.2) is 0 Å². The first-order valence-corrected chi connectivity index (χ1v) is 17.5. The standard InChI is InChI=1S/C37H44N4O6S/c1-24(27-13-9-7-10-14-27)39-34(29-15-11-8-12-16-29)35(42)26(3)41(25(2)28-17-19-33(47-5)20-18-28)37(44)31-21-30(36(38)43)22-32(23-31)40(4)48(6,45)46/h7-26,34-35,39,42H,1-6H3,(H2,38,43)/t24-,25?,26?,34?,35?/m0/s1. The Bertz CT molecular complexity index is 1800. The molecule has 4 aromatic carbocycles. The summed E-state index contributed by atoms with van der Waals surface area (Å²) in [7, 11) is -0.840. The van der Waals surface area contributed by atoms with Crippen molar-refractivity contribution in [1.82, 2.24) is 10.2 Å². The monoisotopic (exact) mass is 672 g/mol. The molecule has 5 atom stereocenters. The van der Waals surface area contributed by atoms with Crippen LogP contribution in [0.5, 0.6) is 5.75 Å². The van der Waals surface area contributed by atoms with Crippen LogP contribution in [0.25, 0.3) is 0 Å². The summed E-state index contributed by atoms with van der Waals surface area (Å²) in [6.07, 6.45) is -0.101. The van der Waals surface area contributed by atoms with Crippen molar-refractivity contribution in [3.05, 3.63) is 131 Å². The first kappa shape index (κ1) is 36.1. The van der Waals surface area contributed by atoms with Crippen molar-refractivity contribution < 1.29 is 27.9 Å². The van der Waals surface area contributed by atoms with E-state index in [1.807, 2.05) is 86.6 Å². The van der Waals surface area contributed by atoms with E-state index >= 15 is 0 Å². The normalized spacial score (nSPS) is 14.6. The number of anilines is 1. The maximum atomic E-state index is 14.7. The zero-order valence-corrected chi connectivity index (χ0v) is 28.9. The number of aliphatic hydroxyl groups excluding tert-OH is 1. The molecule has 4 rings (SSSR count). The van der Waals surface area contributed by atoms with Crippen LogP contribution in [0.3, 0.4) is 0 Å². The molecule has 0 heterocycles. The highest BCUT2D eigenvalue weighted by atomic mass is 32.2. The van der Waals surface area contributed by atoms with Crippen LogP contribution in [0.4, 0.5) is 5.69 Å². The van der Waals surface area contributed by atoms with Gasteiger partial charge < -0.3 is 25.8 Å². The molecule has 48 heavy (non-hydrogen) atoms. The lowest BCUT2D eigenvalue weighted by atomic mass is 9.92. The van der Waals surface area contributed by atoms with Gasteiger partial charge in [-0.05, 0) is 67.8 Å². The molecule has 4 N–H and O–H groups in total. The fourth-order valence-corrected chi connectivity index (χ4v) is 6.25. The van der Waals surface area contributed by atoms with Gasteiger partial charge in [-0.2, -0.15) is 0 Å². The SMILES string of the molecule is COc1ccc(C(C)N(C(=O)c2cc(C(N)=O)cc(N(C)S(C)(=O)=O)c2)C(C)C(O)C(N[C@@H](C)c2ccccc2)c2ccccc2)cc1. The zero-order chi connectivity index (χ0) is 35.2. The highest BCUT2D eigenvalue weighted by molar-refractivity contribution is 7.92. The Balaban J connectivity index is 1.83. The molecule has 0 aliphatic heterocycles. The molecule has 4 unspecified atom stereocenters. The molecule has 0 aliphatic carbocycles. The van der Waals surface area contributed by atoms with Gasteiger partial charge in [-0.25, -0.2) is 8.42 Å². The Morgan fingerprint density at radius 1 is 0.812 bits per heavy atom. The van der Waals surface area contributed by atoms with Crippen molar-refractivity contribution in [2.75, 3.05) is 24.7 Å². The van der Waals surface area contributed by atoms with Crippen LogP contribution in [0.15, 0.2) is 103 Å². The maximum absolute atomic E-state index is 14.7. The number of amides is 2. The molecule has 254 valence electrons. The van der Waals surface area contributed by atoms with Gasteiger partial charge in [-0.1, -0.05) is 72.8 Å². The minimum absolute atomic E-state index is 0.0304. The average Bonchev–Trinajstić information content (AvgIpc) is 3.09. The molecule has 0 radical (unpaired) electrons. The second kappa shape index (κ2) is 15.5. The van der Waals surface area contributed by atoms with E-state index in [2.05, 4.69) is 5.32 Å². The number of carbonyl (C=O) groups is 2. The molecule has 0 aromatic heterocycles. The maximum Gasteiger partial charge on any atom is 0.254 e. The van der Waals surface area contributed by atoms with Gasteiger partial charge in [0.1, 0.15) is 5.75 Å². The molecule has 4 aromatic rings. The van der Waals surface area contributed by atoms with E-state index in [-0.39, 0.29) is 22.9 Å². The molecule has 0 fully saturated rings. The lowest BCUT2D eigenvalue weighted by Crippen LogP contribution is -2.51. The molecule has 0 spiro atoms. The first-order valence-electron chi connectivity index (χ1n) is 15.6. The quantitative estimate of drug-likeness (QED) is 0.166. The number of nitrogens with one attached hydrogen (secondary N) is 1. The average molecular weight is 673 g/mol. The number of sulfonamides is 1. The summed E-state index contributed by atoms with van der Waals surface area (Å²) in [6, 6.07) is 28.6. The summed E-state index contributed by atoms with van der Waals surface area (Å²) in [4.78, 5) is 28.6. The van der Waals surface area contributed by atoms with Crippen molar-refractivity contribution in [2.24, 2.45) is 5.73 Å². The second-order valence-corrected chi connectivity index (χ2v) is 14.0. The Morgan fingerprint density at radius 2 is 1.35 bits per heavy atom. The molecule has 10 nitrogen and oxygen atoms in total. The van der Waals surface area contributed by atoms with E-state index in [4.69, 9.17) is 10.5 Å². The number of methoxy groups -OCH3 is 1. The Kier molecular flexibility index (Phi) is 11.6. The fraction of sp³-hybridized carbons (Fsp3) is 0.297. The van der Waals surface area contributed by atoms with Gasteiger partial charge in [0.05, 0.1) is 43.3 Å². The first-order chi connectivity index (χ1) is 22.7. The molecule has 0 saturated heterocycles. The number of aliphatic hydroxyl groups is 1. The van der Waals surface area contributed by atoms with Gasteiger partial charge in [0, 0.05) is 24.2 Å². The third kappa shape index (κ3) is 8.41. The second-order valence-electron chi connectivity index (χ2n) is 11.9. The smallest absolute Gasteiger partial charge is 0.254 e. The highest BCUT2D eigenvalue weighted by Gasteiger charge is 2.37. The van der Waals surface area contributed by atoms with Crippen molar-refractivity contribution in [1.29, 1.82) is 0 Å². The van der Waals surface area contributed by atoms with E-state index in [0.29, 0.717) is 5.75 Å². The van der Waals surface area contributed by atoms with Crippen molar-refractivity contribution in [3.63, 3.8) is 0 Å². The number of ether oxygens (including phenoxy) is 1. The summed E-state index contributed by atoms with van der Waals surface area (Å²) < 4.78 is 31.2. The topological polar surface area (TPSA) is 142 Å². The minimum atomic E-state index is -3.74. The predicted molar refractivity (Wildman–Crippen MR) is 188 cm³/mol. The summed E-state index contributed by atoms with van der Waals surface area (Å²) in [5, 5.41) is 15.8. The van der Waals surface area contributed by atoms with Gasteiger partial charge in [-0.3, -0.25) is 13.9 Å². The van der Waals surface area contributed by atoms with Crippen molar-refractivity contribution >= 4 is 27.5 Å². The third-order valence-corrected chi connectivity index (χ3v) is 9.93. The largest absolute Gasteiger partial charge is 0.497 e. The lowest BCUT2D eigenvalue weighted by molar-refractivity contribution is 0.0117. The highest BCUT2D eigenvalue weighted by Crippen LogP contribution is 2.33. The van der Waals surface area contributed by atoms with Crippen molar-refractivity contribution in [2.45, 2.75) is 51.0 Å².